The lowest BCUT2D eigenvalue weighted by Gasteiger charge is -2.20. The Hall–Kier alpha value is -2.59. The molecule has 0 heterocycles. The van der Waals surface area contributed by atoms with Crippen molar-refractivity contribution in [1.29, 1.82) is 0 Å². The number of amides is 1. The first kappa shape index (κ1) is 26.7. The SMILES string of the molecule is CC(CCc1ccc(OC(C)C)cc1)NC(=O)[C@H](C)NS(=O)(=O)c1ccccc1C(F)(F)F. The van der Waals surface area contributed by atoms with Gasteiger partial charge >= 0.3 is 6.18 Å². The molecule has 2 atom stereocenters. The number of ether oxygens (including phenoxy) is 1. The topological polar surface area (TPSA) is 84.5 Å². The zero-order valence-corrected chi connectivity index (χ0v) is 19.8. The molecule has 6 nitrogen and oxygen atoms in total. The molecule has 0 bridgehead atoms. The van der Waals surface area contributed by atoms with Crippen LogP contribution < -0.4 is 14.8 Å². The summed E-state index contributed by atoms with van der Waals surface area (Å²) in [6.07, 6.45) is -3.51. The predicted octanol–water partition coefficient (Wildman–Crippen LogP) is 4.30. The Morgan fingerprint density at radius 1 is 1.00 bits per heavy atom. The van der Waals surface area contributed by atoms with E-state index in [2.05, 4.69) is 5.32 Å². The number of alkyl halides is 3. The fourth-order valence-corrected chi connectivity index (χ4v) is 4.55. The molecule has 0 spiro atoms. The van der Waals surface area contributed by atoms with Gasteiger partial charge in [0.2, 0.25) is 15.9 Å². The third kappa shape index (κ3) is 8.04. The summed E-state index contributed by atoms with van der Waals surface area (Å²) in [6.45, 7) is 6.93. The van der Waals surface area contributed by atoms with Crippen molar-refractivity contribution >= 4 is 15.9 Å². The first-order chi connectivity index (χ1) is 15.3. The predicted molar refractivity (Wildman–Crippen MR) is 119 cm³/mol. The molecule has 1 unspecified atom stereocenters. The van der Waals surface area contributed by atoms with Crippen molar-refractivity contribution in [2.45, 2.75) is 69.8 Å². The average Bonchev–Trinajstić information content (AvgIpc) is 2.72. The molecule has 2 aromatic carbocycles. The van der Waals surface area contributed by atoms with E-state index in [1.165, 1.54) is 13.0 Å². The van der Waals surface area contributed by atoms with Gasteiger partial charge in [-0.25, -0.2) is 8.42 Å². The van der Waals surface area contributed by atoms with Gasteiger partial charge in [0.1, 0.15) is 5.75 Å². The summed E-state index contributed by atoms with van der Waals surface area (Å²) >= 11 is 0. The number of hydrogen-bond donors (Lipinski definition) is 2. The maximum absolute atomic E-state index is 13.2. The minimum Gasteiger partial charge on any atom is -0.491 e. The van der Waals surface area contributed by atoms with E-state index >= 15 is 0 Å². The Labute approximate surface area is 192 Å². The van der Waals surface area contributed by atoms with Crippen LogP contribution in [0.3, 0.4) is 0 Å². The summed E-state index contributed by atoms with van der Waals surface area (Å²) in [4.78, 5) is 11.5. The average molecular weight is 487 g/mol. The molecule has 0 aromatic heterocycles. The molecule has 0 radical (unpaired) electrons. The van der Waals surface area contributed by atoms with Gasteiger partial charge < -0.3 is 10.1 Å². The Bertz CT molecular complexity index is 1040. The van der Waals surface area contributed by atoms with E-state index in [0.717, 1.165) is 23.4 Å². The van der Waals surface area contributed by atoms with Crippen molar-refractivity contribution in [2.24, 2.45) is 0 Å². The molecule has 33 heavy (non-hydrogen) atoms. The molecule has 2 aromatic rings. The minimum absolute atomic E-state index is 0.0763. The van der Waals surface area contributed by atoms with E-state index in [4.69, 9.17) is 4.74 Å². The number of benzene rings is 2. The zero-order valence-electron chi connectivity index (χ0n) is 18.9. The normalized spacial score (nSPS) is 14.1. The maximum Gasteiger partial charge on any atom is 0.417 e. The lowest BCUT2D eigenvalue weighted by molar-refractivity contribution is -0.139. The monoisotopic (exact) mass is 486 g/mol. The van der Waals surface area contributed by atoms with Gasteiger partial charge in [0.25, 0.3) is 0 Å². The lowest BCUT2D eigenvalue weighted by atomic mass is 10.1. The molecule has 0 aliphatic rings. The molecule has 10 heteroatoms. The lowest BCUT2D eigenvalue weighted by Crippen LogP contribution is -2.47. The van der Waals surface area contributed by atoms with Crippen molar-refractivity contribution in [1.82, 2.24) is 10.0 Å². The van der Waals surface area contributed by atoms with E-state index in [9.17, 15) is 26.4 Å². The van der Waals surface area contributed by atoms with Gasteiger partial charge in [-0.05, 0) is 70.4 Å². The first-order valence-electron chi connectivity index (χ1n) is 10.5. The van der Waals surface area contributed by atoms with E-state index < -0.39 is 38.6 Å². The fourth-order valence-electron chi connectivity index (χ4n) is 3.11. The summed E-state index contributed by atoms with van der Waals surface area (Å²) in [6, 6.07) is 9.90. The van der Waals surface area contributed by atoms with Crippen LogP contribution in [-0.4, -0.2) is 32.5 Å². The number of carbonyl (C=O) groups is 1. The van der Waals surface area contributed by atoms with E-state index in [1.807, 2.05) is 42.8 Å². The number of carbonyl (C=O) groups excluding carboxylic acids is 1. The highest BCUT2D eigenvalue weighted by Crippen LogP contribution is 2.33. The molecule has 2 rings (SSSR count). The Balaban J connectivity index is 1.93. The van der Waals surface area contributed by atoms with Crippen LogP contribution in [0, 0.1) is 0 Å². The molecular weight excluding hydrogens is 457 g/mol. The second-order valence-corrected chi connectivity index (χ2v) is 9.78. The summed E-state index contributed by atoms with van der Waals surface area (Å²) < 4.78 is 72.1. The zero-order chi connectivity index (χ0) is 24.8. The summed E-state index contributed by atoms with van der Waals surface area (Å²) in [7, 11) is -4.56. The Morgan fingerprint density at radius 3 is 2.18 bits per heavy atom. The highest BCUT2D eigenvalue weighted by Gasteiger charge is 2.37. The van der Waals surface area contributed by atoms with Gasteiger partial charge in [-0.1, -0.05) is 24.3 Å². The number of halogens is 3. The van der Waals surface area contributed by atoms with Crippen molar-refractivity contribution in [3.63, 3.8) is 0 Å². The van der Waals surface area contributed by atoms with Crippen LogP contribution in [0.1, 0.15) is 45.2 Å². The Kier molecular flexibility index (Phi) is 8.90. The van der Waals surface area contributed by atoms with Crippen LogP contribution in [0.15, 0.2) is 53.4 Å². The first-order valence-corrected chi connectivity index (χ1v) is 12.0. The fraction of sp³-hybridized carbons (Fsp3) is 0.435. The largest absolute Gasteiger partial charge is 0.491 e. The van der Waals surface area contributed by atoms with Gasteiger partial charge in [-0.2, -0.15) is 17.9 Å². The standard InChI is InChI=1S/C23H29F3N2O4S/c1-15(2)32-19-13-11-18(12-14-19)10-9-16(3)27-22(29)17(4)28-33(30,31)21-8-6-5-7-20(21)23(24,25)26/h5-8,11-17,28H,9-10H2,1-4H3,(H,27,29)/t16?,17-/m0/s1. The van der Waals surface area contributed by atoms with Gasteiger partial charge in [0.05, 0.1) is 22.6 Å². The van der Waals surface area contributed by atoms with Crippen molar-refractivity contribution in [3.05, 3.63) is 59.7 Å². The van der Waals surface area contributed by atoms with Gasteiger partial charge in [-0.3, -0.25) is 4.79 Å². The van der Waals surface area contributed by atoms with Crippen LogP contribution in [0.25, 0.3) is 0 Å². The molecule has 182 valence electrons. The van der Waals surface area contributed by atoms with Crippen LogP contribution in [0.4, 0.5) is 13.2 Å². The summed E-state index contributed by atoms with van der Waals surface area (Å²) in [5.74, 6) is 0.138. The number of hydrogen-bond acceptors (Lipinski definition) is 4. The van der Waals surface area contributed by atoms with Crippen LogP contribution in [-0.2, 0) is 27.4 Å². The van der Waals surface area contributed by atoms with Crippen LogP contribution in [0.5, 0.6) is 5.75 Å². The molecule has 0 saturated heterocycles. The van der Waals surface area contributed by atoms with E-state index in [1.54, 1.807) is 6.92 Å². The molecule has 0 fully saturated rings. The van der Waals surface area contributed by atoms with Crippen LogP contribution in [0.2, 0.25) is 0 Å². The molecule has 0 aliphatic heterocycles. The summed E-state index contributed by atoms with van der Waals surface area (Å²) in [5, 5.41) is 2.69. The number of aryl methyl sites for hydroxylation is 1. The van der Waals surface area contributed by atoms with Gasteiger partial charge in [0.15, 0.2) is 0 Å². The molecule has 0 saturated carbocycles. The second kappa shape index (κ2) is 11.0. The van der Waals surface area contributed by atoms with Gasteiger partial charge in [-0.15, -0.1) is 0 Å². The summed E-state index contributed by atoms with van der Waals surface area (Å²) in [5.41, 5.74) is -0.243. The highest BCUT2D eigenvalue weighted by atomic mass is 32.2. The quantitative estimate of drug-likeness (QED) is 0.525. The van der Waals surface area contributed by atoms with Crippen molar-refractivity contribution in [3.8, 4) is 5.75 Å². The molecule has 1 amide bonds. The Morgan fingerprint density at radius 2 is 1.61 bits per heavy atom. The van der Waals surface area contributed by atoms with E-state index in [-0.39, 0.29) is 12.1 Å². The maximum atomic E-state index is 13.2. The number of nitrogens with one attached hydrogen (secondary N) is 2. The minimum atomic E-state index is -4.84. The smallest absolute Gasteiger partial charge is 0.417 e. The number of rotatable bonds is 10. The second-order valence-electron chi connectivity index (χ2n) is 8.10. The van der Waals surface area contributed by atoms with Gasteiger partial charge in [0, 0.05) is 6.04 Å². The third-order valence-electron chi connectivity index (χ3n) is 4.76. The third-order valence-corrected chi connectivity index (χ3v) is 6.36. The van der Waals surface area contributed by atoms with Crippen molar-refractivity contribution in [2.75, 3.05) is 0 Å². The number of sulfonamides is 1. The molecular formula is C23H29F3N2O4S. The highest BCUT2D eigenvalue weighted by molar-refractivity contribution is 7.89. The van der Waals surface area contributed by atoms with Crippen LogP contribution >= 0.6 is 0 Å². The molecule has 0 aliphatic carbocycles. The molecule has 2 N–H and O–H groups in total. The van der Waals surface area contributed by atoms with Crippen molar-refractivity contribution < 1.29 is 31.1 Å². The van der Waals surface area contributed by atoms with E-state index in [0.29, 0.717) is 18.9 Å².